The Bertz CT molecular complexity index is 406. The molecule has 0 amide bonds. The van der Waals surface area contributed by atoms with E-state index in [0.29, 0.717) is 32.0 Å². The highest BCUT2D eigenvalue weighted by molar-refractivity contribution is 6.35. The molecule has 1 heterocycles. The monoisotopic (exact) mass is 272 g/mol. The smallest absolute Gasteiger partial charge is 0.290 e. The molecule has 2 rings (SSSR count). The molecule has 0 atom stereocenters. The summed E-state index contributed by atoms with van der Waals surface area (Å²) in [5, 5.41) is 10.9. The summed E-state index contributed by atoms with van der Waals surface area (Å²) in [7, 11) is 0. The summed E-state index contributed by atoms with van der Waals surface area (Å²) in [5.74, 6) is 0. The van der Waals surface area contributed by atoms with E-state index in [1.165, 1.54) is 6.07 Å². The lowest BCUT2D eigenvalue weighted by Crippen LogP contribution is -2.36. The van der Waals surface area contributed by atoms with Gasteiger partial charge in [-0.1, -0.05) is 31.5 Å². The highest BCUT2D eigenvalue weighted by atomic mass is 35.5. The number of anilines is 1. The Hall–Kier alpha value is -1.33. The number of halogens is 1. The van der Waals surface area contributed by atoms with Gasteiger partial charge in [0.25, 0.3) is 5.69 Å². The third kappa shape index (κ3) is 3.34. The van der Waals surface area contributed by atoms with E-state index in [9.17, 15) is 10.1 Å². The van der Waals surface area contributed by atoms with Gasteiger partial charge in [-0.15, -0.1) is 0 Å². The van der Waals surface area contributed by atoms with E-state index in [1.54, 1.807) is 12.1 Å². The molecule has 1 aromatic rings. The first-order valence-corrected chi connectivity index (χ1v) is 6.33. The van der Waals surface area contributed by atoms with Crippen LogP contribution in [-0.4, -0.2) is 31.2 Å². The fraction of sp³-hybridized carbons (Fsp3) is 0.500. The van der Waals surface area contributed by atoms with Gasteiger partial charge in [0, 0.05) is 19.2 Å². The Labute approximate surface area is 111 Å². The minimum Gasteiger partial charge on any atom is -0.378 e. The largest absolute Gasteiger partial charge is 0.378 e. The number of nitro benzene ring substituents is 1. The molecule has 0 radical (unpaired) electrons. The van der Waals surface area contributed by atoms with Crippen LogP contribution in [0.3, 0.4) is 0 Å². The number of benzene rings is 1. The topological polar surface area (TPSA) is 55.6 Å². The first-order valence-electron chi connectivity index (χ1n) is 5.96. The maximum absolute atomic E-state index is 10.7. The molecule has 18 heavy (non-hydrogen) atoms. The van der Waals surface area contributed by atoms with Gasteiger partial charge in [0.1, 0.15) is 5.02 Å². The Morgan fingerprint density at radius 3 is 2.50 bits per heavy atom. The number of nitrogens with zero attached hydrogens (tertiary/aromatic N) is 2. The first kappa shape index (κ1) is 14.7. The van der Waals surface area contributed by atoms with Crippen molar-refractivity contribution in [2.24, 2.45) is 0 Å². The van der Waals surface area contributed by atoms with E-state index in [-0.39, 0.29) is 10.7 Å². The SMILES string of the molecule is CC.O=[N+]([O-])c1cccc(N2CCOCC2)c1Cl. The van der Waals surface area contributed by atoms with Crippen LogP contribution in [0.1, 0.15) is 13.8 Å². The molecule has 0 N–H and O–H groups in total. The fourth-order valence-electron chi connectivity index (χ4n) is 1.70. The molecule has 0 spiro atoms. The summed E-state index contributed by atoms with van der Waals surface area (Å²) in [6, 6.07) is 4.85. The summed E-state index contributed by atoms with van der Waals surface area (Å²) >= 11 is 6.01. The average molecular weight is 273 g/mol. The third-order valence-corrected chi connectivity index (χ3v) is 2.89. The van der Waals surface area contributed by atoms with E-state index in [4.69, 9.17) is 16.3 Å². The third-order valence-electron chi connectivity index (χ3n) is 2.51. The van der Waals surface area contributed by atoms with Crippen LogP contribution >= 0.6 is 11.6 Å². The summed E-state index contributed by atoms with van der Waals surface area (Å²) in [6.45, 7) is 6.67. The van der Waals surface area contributed by atoms with Gasteiger partial charge >= 0.3 is 0 Å². The molecule has 0 bridgehead atoms. The Balaban J connectivity index is 0.000000771. The molecule has 0 aliphatic carbocycles. The molecule has 100 valence electrons. The molecule has 6 heteroatoms. The molecule has 1 aliphatic rings. The van der Waals surface area contributed by atoms with Crippen LogP contribution in [0.25, 0.3) is 0 Å². The lowest BCUT2D eigenvalue weighted by Gasteiger charge is -2.29. The van der Waals surface area contributed by atoms with Crippen molar-refractivity contribution in [3.8, 4) is 0 Å². The zero-order chi connectivity index (χ0) is 13.5. The zero-order valence-corrected chi connectivity index (χ0v) is 11.3. The van der Waals surface area contributed by atoms with Crippen LogP contribution in [0.15, 0.2) is 18.2 Å². The van der Waals surface area contributed by atoms with Crippen molar-refractivity contribution in [1.29, 1.82) is 0 Å². The predicted molar refractivity (Wildman–Crippen MR) is 72.5 cm³/mol. The Morgan fingerprint density at radius 2 is 1.94 bits per heavy atom. The molecule has 0 aromatic heterocycles. The first-order chi connectivity index (χ1) is 8.70. The van der Waals surface area contributed by atoms with Crippen molar-refractivity contribution < 1.29 is 9.66 Å². The molecule has 0 saturated carbocycles. The molecule has 1 saturated heterocycles. The number of hydrogen-bond acceptors (Lipinski definition) is 4. The van der Waals surface area contributed by atoms with Gasteiger partial charge in [0.15, 0.2) is 0 Å². The van der Waals surface area contributed by atoms with Crippen LogP contribution < -0.4 is 4.90 Å². The number of nitro groups is 1. The van der Waals surface area contributed by atoms with Crippen LogP contribution in [0.5, 0.6) is 0 Å². The quantitative estimate of drug-likeness (QED) is 0.613. The van der Waals surface area contributed by atoms with E-state index in [1.807, 2.05) is 18.7 Å². The van der Waals surface area contributed by atoms with Crippen LogP contribution in [0, 0.1) is 10.1 Å². The zero-order valence-electron chi connectivity index (χ0n) is 10.6. The molecule has 1 aromatic carbocycles. The lowest BCUT2D eigenvalue weighted by molar-refractivity contribution is -0.384. The normalized spacial score (nSPS) is 14.7. The summed E-state index contributed by atoms with van der Waals surface area (Å²) in [5.41, 5.74) is 0.657. The van der Waals surface area contributed by atoms with E-state index >= 15 is 0 Å². The predicted octanol–water partition coefficient (Wildman–Crippen LogP) is 3.11. The summed E-state index contributed by atoms with van der Waals surface area (Å²) < 4.78 is 5.22. The van der Waals surface area contributed by atoms with E-state index < -0.39 is 4.92 Å². The fourth-order valence-corrected chi connectivity index (χ4v) is 2.01. The number of hydrogen-bond donors (Lipinski definition) is 0. The van der Waals surface area contributed by atoms with Gasteiger partial charge in [-0.05, 0) is 6.07 Å². The van der Waals surface area contributed by atoms with Gasteiger partial charge in [0.2, 0.25) is 0 Å². The number of rotatable bonds is 2. The van der Waals surface area contributed by atoms with Gasteiger partial charge in [-0.2, -0.15) is 0 Å². The molecular formula is C12H17ClN2O3. The second-order valence-electron chi connectivity index (χ2n) is 3.47. The van der Waals surface area contributed by atoms with Crippen molar-refractivity contribution in [1.82, 2.24) is 0 Å². The average Bonchev–Trinajstić information content (AvgIpc) is 2.42. The van der Waals surface area contributed by atoms with Crippen molar-refractivity contribution in [2.75, 3.05) is 31.2 Å². The maximum Gasteiger partial charge on any atom is 0.290 e. The molecule has 5 nitrogen and oxygen atoms in total. The van der Waals surface area contributed by atoms with Crippen molar-refractivity contribution in [3.63, 3.8) is 0 Å². The Kier molecular flexibility index (Phi) is 5.88. The standard InChI is InChI=1S/C10H11ClN2O3.C2H6/c11-10-8(12-4-6-16-7-5-12)2-1-3-9(10)13(14)15;1-2/h1-3H,4-7H2;1-2H3. The molecule has 1 aliphatic heterocycles. The van der Waals surface area contributed by atoms with Gasteiger partial charge < -0.3 is 9.64 Å². The van der Waals surface area contributed by atoms with Crippen molar-refractivity contribution >= 4 is 23.0 Å². The lowest BCUT2D eigenvalue weighted by atomic mass is 10.2. The van der Waals surface area contributed by atoms with Gasteiger partial charge in [0.05, 0.1) is 23.8 Å². The van der Waals surface area contributed by atoms with Crippen LogP contribution in [-0.2, 0) is 4.74 Å². The summed E-state index contributed by atoms with van der Waals surface area (Å²) in [6.07, 6.45) is 0. The highest BCUT2D eigenvalue weighted by Crippen LogP contribution is 2.34. The highest BCUT2D eigenvalue weighted by Gasteiger charge is 2.20. The number of ether oxygens (including phenoxy) is 1. The van der Waals surface area contributed by atoms with E-state index in [0.717, 1.165) is 0 Å². The molecular weight excluding hydrogens is 256 g/mol. The Morgan fingerprint density at radius 1 is 1.33 bits per heavy atom. The van der Waals surface area contributed by atoms with Crippen LogP contribution in [0.4, 0.5) is 11.4 Å². The molecule has 1 fully saturated rings. The second-order valence-corrected chi connectivity index (χ2v) is 3.84. The van der Waals surface area contributed by atoms with Crippen LogP contribution in [0.2, 0.25) is 5.02 Å². The molecule has 0 unspecified atom stereocenters. The van der Waals surface area contributed by atoms with Gasteiger partial charge in [-0.3, -0.25) is 10.1 Å². The second kappa shape index (κ2) is 7.18. The van der Waals surface area contributed by atoms with Gasteiger partial charge in [-0.25, -0.2) is 0 Å². The minimum absolute atomic E-state index is 0.0503. The van der Waals surface area contributed by atoms with Crippen molar-refractivity contribution in [2.45, 2.75) is 13.8 Å². The number of morpholine rings is 1. The minimum atomic E-state index is -0.466. The maximum atomic E-state index is 10.7. The van der Waals surface area contributed by atoms with Crippen molar-refractivity contribution in [3.05, 3.63) is 33.3 Å². The summed E-state index contributed by atoms with van der Waals surface area (Å²) in [4.78, 5) is 12.3. The van der Waals surface area contributed by atoms with E-state index in [2.05, 4.69) is 0 Å².